The van der Waals surface area contributed by atoms with Crippen molar-refractivity contribution < 1.29 is 9.47 Å². The quantitative estimate of drug-likeness (QED) is 0.418. The van der Waals surface area contributed by atoms with E-state index in [0.717, 1.165) is 41.2 Å². The van der Waals surface area contributed by atoms with Crippen LogP contribution in [0.5, 0.6) is 11.6 Å². The van der Waals surface area contributed by atoms with E-state index < -0.39 is 6.23 Å². The van der Waals surface area contributed by atoms with Gasteiger partial charge in [-0.05, 0) is 30.4 Å². The van der Waals surface area contributed by atoms with E-state index >= 15 is 0 Å². The molecule has 150 valence electrons. The SMILES string of the molecule is CCCCOc1ccccc1C1Nc2ccccc2-c2nnc(SCC)nc2O1. The van der Waals surface area contributed by atoms with Crippen molar-refractivity contribution in [3.8, 4) is 22.9 Å². The van der Waals surface area contributed by atoms with Crippen LogP contribution in [0.25, 0.3) is 11.3 Å². The zero-order valence-corrected chi connectivity index (χ0v) is 17.4. The van der Waals surface area contributed by atoms with Gasteiger partial charge in [-0.2, -0.15) is 4.98 Å². The lowest BCUT2D eigenvalue weighted by Crippen LogP contribution is -2.18. The van der Waals surface area contributed by atoms with Gasteiger partial charge in [0.1, 0.15) is 5.75 Å². The first-order valence-electron chi connectivity index (χ1n) is 9.92. The Kier molecular flexibility index (Phi) is 6.14. The summed E-state index contributed by atoms with van der Waals surface area (Å²) in [7, 11) is 0. The highest BCUT2D eigenvalue weighted by Gasteiger charge is 2.27. The Balaban J connectivity index is 1.75. The molecule has 1 aliphatic heterocycles. The lowest BCUT2D eigenvalue weighted by molar-refractivity contribution is 0.215. The number of aromatic nitrogens is 3. The molecule has 1 unspecified atom stereocenters. The van der Waals surface area contributed by atoms with E-state index in [-0.39, 0.29) is 0 Å². The maximum atomic E-state index is 6.34. The summed E-state index contributed by atoms with van der Waals surface area (Å²) < 4.78 is 12.4. The number of para-hydroxylation sites is 2. The standard InChI is InChI=1S/C22H24N4O2S/c1-3-5-14-27-18-13-9-7-11-16(18)20-23-17-12-8-6-10-15(17)19-21(28-20)24-22(26-25-19)29-4-2/h6-13,20,23H,3-5,14H2,1-2H3. The van der Waals surface area contributed by atoms with Crippen LogP contribution in [0.4, 0.5) is 5.69 Å². The third kappa shape index (κ3) is 4.29. The molecule has 2 heterocycles. The lowest BCUT2D eigenvalue weighted by Gasteiger charge is -2.22. The average Bonchev–Trinajstić information content (AvgIpc) is 2.91. The Morgan fingerprint density at radius 3 is 2.76 bits per heavy atom. The number of thioether (sulfide) groups is 1. The van der Waals surface area contributed by atoms with Crippen LogP contribution in [0.3, 0.4) is 0 Å². The molecule has 0 spiro atoms. The van der Waals surface area contributed by atoms with Gasteiger partial charge >= 0.3 is 0 Å². The van der Waals surface area contributed by atoms with Crippen LogP contribution < -0.4 is 14.8 Å². The van der Waals surface area contributed by atoms with Gasteiger partial charge in [-0.3, -0.25) is 0 Å². The van der Waals surface area contributed by atoms with Gasteiger partial charge < -0.3 is 14.8 Å². The van der Waals surface area contributed by atoms with E-state index in [1.807, 2.05) is 48.5 Å². The zero-order chi connectivity index (χ0) is 20.1. The molecule has 0 radical (unpaired) electrons. The van der Waals surface area contributed by atoms with Crippen LogP contribution in [0.1, 0.15) is 38.5 Å². The fourth-order valence-corrected chi connectivity index (χ4v) is 3.64. The number of fused-ring (bicyclic) bond motifs is 3. The van der Waals surface area contributed by atoms with Crippen molar-refractivity contribution in [2.45, 2.75) is 38.1 Å². The van der Waals surface area contributed by atoms with Gasteiger partial charge in [0.05, 0.1) is 12.2 Å². The number of ether oxygens (including phenoxy) is 2. The molecule has 1 atom stereocenters. The maximum Gasteiger partial charge on any atom is 0.247 e. The first-order valence-corrected chi connectivity index (χ1v) is 10.9. The second kappa shape index (κ2) is 9.13. The Labute approximate surface area is 175 Å². The van der Waals surface area contributed by atoms with Gasteiger partial charge in [0, 0.05) is 11.3 Å². The van der Waals surface area contributed by atoms with Crippen molar-refractivity contribution in [1.82, 2.24) is 15.2 Å². The summed E-state index contributed by atoms with van der Waals surface area (Å²) in [4.78, 5) is 4.63. The van der Waals surface area contributed by atoms with E-state index in [2.05, 4.69) is 34.3 Å². The molecule has 0 bridgehead atoms. The van der Waals surface area contributed by atoms with Crippen molar-refractivity contribution in [1.29, 1.82) is 0 Å². The highest BCUT2D eigenvalue weighted by molar-refractivity contribution is 7.99. The molecule has 0 saturated carbocycles. The normalized spacial score (nSPS) is 14.8. The number of hydrogen-bond acceptors (Lipinski definition) is 7. The molecule has 0 aliphatic carbocycles. The second-order valence-electron chi connectivity index (χ2n) is 6.61. The molecule has 29 heavy (non-hydrogen) atoms. The smallest absolute Gasteiger partial charge is 0.247 e. The fraction of sp³-hybridized carbons (Fsp3) is 0.318. The summed E-state index contributed by atoms with van der Waals surface area (Å²) in [6, 6.07) is 15.9. The van der Waals surface area contributed by atoms with E-state index in [1.54, 1.807) is 11.8 Å². The summed E-state index contributed by atoms with van der Waals surface area (Å²) in [6.45, 7) is 4.89. The molecule has 2 aromatic carbocycles. The molecule has 0 saturated heterocycles. The number of nitrogens with one attached hydrogen (secondary N) is 1. The summed E-state index contributed by atoms with van der Waals surface area (Å²) in [5.41, 5.74) is 3.41. The largest absolute Gasteiger partial charge is 0.493 e. The van der Waals surface area contributed by atoms with Gasteiger partial charge in [-0.25, -0.2) is 0 Å². The minimum Gasteiger partial charge on any atom is -0.493 e. The summed E-state index contributed by atoms with van der Waals surface area (Å²) >= 11 is 1.54. The van der Waals surface area contributed by atoms with E-state index in [4.69, 9.17) is 9.47 Å². The van der Waals surface area contributed by atoms with Gasteiger partial charge in [-0.15, -0.1) is 10.2 Å². The van der Waals surface area contributed by atoms with Gasteiger partial charge in [0.25, 0.3) is 0 Å². The van der Waals surface area contributed by atoms with Crippen LogP contribution in [0.2, 0.25) is 0 Å². The Hall–Kier alpha value is -2.80. The number of anilines is 1. The number of unbranched alkanes of at least 4 members (excludes halogenated alkanes) is 1. The lowest BCUT2D eigenvalue weighted by atomic mass is 10.1. The predicted molar refractivity (Wildman–Crippen MR) is 115 cm³/mol. The highest BCUT2D eigenvalue weighted by atomic mass is 32.2. The third-order valence-electron chi connectivity index (χ3n) is 4.56. The summed E-state index contributed by atoms with van der Waals surface area (Å²) in [5.74, 6) is 2.15. The molecule has 7 heteroatoms. The molecule has 1 aliphatic rings. The summed E-state index contributed by atoms with van der Waals surface area (Å²) in [6.07, 6.45) is 1.64. The van der Waals surface area contributed by atoms with Crippen molar-refractivity contribution in [2.75, 3.05) is 17.7 Å². The molecule has 1 aromatic heterocycles. The Morgan fingerprint density at radius 1 is 1.07 bits per heavy atom. The molecule has 6 nitrogen and oxygen atoms in total. The molecule has 0 fully saturated rings. The van der Waals surface area contributed by atoms with Gasteiger partial charge in [0.15, 0.2) is 5.69 Å². The number of hydrogen-bond donors (Lipinski definition) is 1. The number of rotatable bonds is 7. The average molecular weight is 409 g/mol. The Morgan fingerprint density at radius 2 is 1.90 bits per heavy atom. The Bertz CT molecular complexity index is 983. The first kappa shape index (κ1) is 19.5. The van der Waals surface area contributed by atoms with E-state index in [1.165, 1.54) is 0 Å². The van der Waals surface area contributed by atoms with Crippen molar-refractivity contribution in [3.63, 3.8) is 0 Å². The molecular formula is C22H24N4O2S. The zero-order valence-electron chi connectivity index (χ0n) is 16.6. The van der Waals surface area contributed by atoms with Crippen molar-refractivity contribution in [3.05, 3.63) is 54.1 Å². The highest BCUT2D eigenvalue weighted by Crippen LogP contribution is 2.41. The van der Waals surface area contributed by atoms with E-state index in [9.17, 15) is 0 Å². The van der Waals surface area contributed by atoms with Crippen LogP contribution in [-0.4, -0.2) is 27.5 Å². The van der Waals surface area contributed by atoms with Crippen LogP contribution >= 0.6 is 11.8 Å². The monoisotopic (exact) mass is 408 g/mol. The predicted octanol–water partition coefficient (Wildman–Crippen LogP) is 5.33. The molecule has 4 rings (SSSR count). The van der Waals surface area contributed by atoms with Crippen molar-refractivity contribution in [2.24, 2.45) is 0 Å². The molecule has 3 aromatic rings. The van der Waals surface area contributed by atoms with E-state index in [0.29, 0.717) is 23.3 Å². The fourth-order valence-electron chi connectivity index (χ4n) is 3.13. The van der Waals surface area contributed by atoms with Crippen molar-refractivity contribution >= 4 is 17.4 Å². The topological polar surface area (TPSA) is 69.2 Å². The third-order valence-corrected chi connectivity index (χ3v) is 5.28. The molecule has 1 N–H and O–H groups in total. The molecule has 0 amide bonds. The summed E-state index contributed by atoms with van der Waals surface area (Å²) in [5, 5.41) is 12.8. The second-order valence-corrected chi connectivity index (χ2v) is 7.84. The number of nitrogens with zero attached hydrogens (tertiary/aromatic N) is 3. The van der Waals surface area contributed by atoms with Crippen LogP contribution in [-0.2, 0) is 0 Å². The van der Waals surface area contributed by atoms with Gasteiger partial charge in [0.2, 0.25) is 17.3 Å². The minimum absolute atomic E-state index is 0.452. The molecular weight excluding hydrogens is 384 g/mol. The first-order chi connectivity index (χ1) is 14.3. The van der Waals surface area contributed by atoms with Crippen LogP contribution in [0, 0.1) is 0 Å². The number of benzene rings is 2. The van der Waals surface area contributed by atoms with Gasteiger partial charge in [-0.1, -0.05) is 62.4 Å². The van der Waals surface area contributed by atoms with Crippen LogP contribution in [0.15, 0.2) is 53.7 Å². The minimum atomic E-state index is -0.452. The maximum absolute atomic E-state index is 6.34.